The number of benzene rings is 9. The third-order valence-electron chi connectivity index (χ3n) is 12.1. The lowest BCUT2D eigenvalue weighted by atomic mass is 9.99. The second-order valence-corrected chi connectivity index (χ2v) is 17.4. The normalized spacial score (nSPS) is 12.1. The Morgan fingerprint density at radius 1 is 0.276 bits per heavy atom. The van der Waals surface area contributed by atoms with Crippen LogP contribution in [0.3, 0.4) is 0 Å². The van der Waals surface area contributed by atoms with E-state index in [2.05, 4.69) is 203 Å². The van der Waals surface area contributed by atoms with Gasteiger partial charge in [-0.15, -0.1) is 22.7 Å². The Bertz CT molecular complexity index is 3800. The van der Waals surface area contributed by atoms with Crippen molar-refractivity contribution < 1.29 is 0 Å². The maximum Gasteiger partial charge on any atom is 0.0547 e. The average Bonchev–Trinajstić information content (AvgIpc) is 4.03. The molecule has 13 rings (SSSR count). The lowest BCUT2D eigenvalue weighted by Crippen LogP contribution is -1.95. The number of thiophene rings is 2. The molecule has 9 aromatic carbocycles. The van der Waals surface area contributed by atoms with Gasteiger partial charge < -0.3 is 9.13 Å². The smallest absolute Gasteiger partial charge is 0.0547 e. The highest BCUT2D eigenvalue weighted by Crippen LogP contribution is 2.45. The lowest BCUT2D eigenvalue weighted by Gasteiger charge is -2.13. The zero-order valence-corrected chi connectivity index (χ0v) is 32.8. The van der Waals surface area contributed by atoms with Gasteiger partial charge in [0, 0.05) is 78.8 Å². The number of fused-ring (bicyclic) bond motifs is 12. The fourth-order valence-corrected chi connectivity index (χ4v) is 11.8. The molecule has 0 fully saturated rings. The first-order valence-corrected chi connectivity index (χ1v) is 21.4. The van der Waals surface area contributed by atoms with Crippen LogP contribution in [0.15, 0.2) is 194 Å². The van der Waals surface area contributed by atoms with E-state index < -0.39 is 0 Å². The van der Waals surface area contributed by atoms with Crippen molar-refractivity contribution in [2.45, 2.75) is 0 Å². The van der Waals surface area contributed by atoms with Crippen molar-refractivity contribution in [2.24, 2.45) is 0 Å². The minimum atomic E-state index is 1.17. The average molecular weight is 773 g/mol. The van der Waals surface area contributed by atoms with Gasteiger partial charge in [-0.2, -0.15) is 0 Å². The minimum Gasteiger partial charge on any atom is -0.309 e. The van der Waals surface area contributed by atoms with Gasteiger partial charge in [-0.3, -0.25) is 0 Å². The summed E-state index contributed by atoms with van der Waals surface area (Å²) in [7, 11) is 0. The molecule has 0 N–H and O–H groups in total. The number of hydrogen-bond donors (Lipinski definition) is 0. The second-order valence-electron chi connectivity index (χ2n) is 15.3. The number of rotatable bonds is 4. The van der Waals surface area contributed by atoms with Crippen molar-refractivity contribution in [1.29, 1.82) is 0 Å². The van der Waals surface area contributed by atoms with Crippen LogP contribution in [-0.4, -0.2) is 9.13 Å². The summed E-state index contributed by atoms with van der Waals surface area (Å²) in [6.07, 6.45) is 0. The molecule has 0 radical (unpaired) electrons. The van der Waals surface area contributed by atoms with E-state index in [4.69, 9.17) is 0 Å². The van der Waals surface area contributed by atoms with Gasteiger partial charge in [0.05, 0.1) is 22.1 Å². The molecule has 0 atom stereocenters. The van der Waals surface area contributed by atoms with E-state index in [1.54, 1.807) is 0 Å². The third-order valence-corrected chi connectivity index (χ3v) is 14.5. The van der Waals surface area contributed by atoms with E-state index in [1.165, 1.54) is 118 Å². The SMILES string of the molecule is c1ccc(-n2c3ccccc3c3cc(-c4ccc5c6ccccc6n(-c6cc(-c7ccc8sc9ccccc9c8c7)c7sc8ccccc8c7c6)c5c4)ccc32)cc1. The van der Waals surface area contributed by atoms with Crippen molar-refractivity contribution in [1.82, 2.24) is 9.13 Å². The molecule has 0 spiro atoms. The molecule has 0 saturated heterocycles. The highest BCUT2D eigenvalue weighted by atomic mass is 32.1. The van der Waals surface area contributed by atoms with Crippen LogP contribution in [0.2, 0.25) is 0 Å². The Balaban J connectivity index is 1.06. The lowest BCUT2D eigenvalue weighted by molar-refractivity contribution is 1.18. The molecule has 0 saturated carbocycles. The van der Waals surface area contributed by atoms with Crippen molar-refractivity contribution in [3.63, 3.8) is 0 Å². The number of aromatic nitrogens is 2. The van der Waals surface area contributed by atoms with Crippen molar-refractivity contribution in [2.75, 3.05) is 0 Å². The van der Waals surface area contributed by atoms with Crippen LogP contribution in [0, 0.1) is 0 Å². The van der Waals surface area contributed by atoms with Crippen molar-refractivity contribution >= 4 is 107 Å². The molecule has 0 amide bonds. The molecular weight excluding hydrogens is 741 g/mol. The fraction of sp³-hybridized carbons (Fsp3) is 0. The molecule has 13 aromatic rings. The fourth-order valence-electron chi connectivity index (χ4n) is 9.48. The van der Waals surface area contributed by atoms with Gasteiger partial charge >= 0.3 is 0 Å². The zero-order chi connectivity index (χ0) is 37.9. The highest BCUT2D eigenvalue weighted by molar-refractivity contribution is 7.26. The molecule has 0 unspecified atom stereocenters. The monoisotopic (exact) mass is 772 g/mol. The number of nitrogens with zero attached hydrogens (tertiary/aromatic N) is 2. The standard InChI is InChI=1S/C54H32N2S2/c1-2-12-36(13-3-1)55-48-19-9-5-15-39(48)44-28-33(23-26-49(44)55)34-22-25-40-38-14-4-8-18-47(38)56(50(40)30-34)37-31-43(54-46(32-37)42-17-7-11-21-52(42)58-54)35-24-27-53-45(29-35)41-16-6-10-20-51(41)57-53/h1-32H. The van der Waals surface area contributed by atoms with Crippen LogP contribution in [-0.2, 0) is 0 Å². The predicted molar refractivity (Wildman–Crippen MR) is 252 cm³/mol. The predicted octanol–water partition coefficient (Wildman–Crippen LogP) is 16.0. The Hall–Kier alpha value is -6.98. The Morgan fingerprint density at radius 3 is 1.60 bits per heavy atom. The Kier molecular flexibility index (Phi) is 6.79. The van der Waals surface area contributed by atoms with E-state index in [1.807, 2.05) is 22.7 Å². The van der Waals surface area contributed by atoms with Gasteiger partial charge in [-0.25, -0.2) is 0 Å². The summed E-state index contributed by atoms with van der Waals surface area (Å²) in [4.78, 5) is 0. The van der Waals surface area contributed by atoms with E-state index >= 15 is 0 Å². The molecule has 58 heavy (non-hydrogen) atoms. The Labute approximate surface area is 341 Å². The summed E-state index contributed by atoms with van der Waals surface area (Å²) in [5, 5.41) is 10.3. The quantitative estimate of drug-likeness (QED) is 0.169. The largest absolute Gasteiger partial charge is 0.309 e. The molecule has 4 aromatic heterocycles. The van der Waals surface area contributed by atoms with Gasteiger partial charge in [0.25, 0.3) is 0 Å². The van der Waals surface area contributed by atoms with E-state index in [9.17, 15) is 0 Å². The molecule has 0 aliphatic rings. The number of hydrogen-bond acceptors (Lipinski definition) is 2. The summed E-state index contributed by atoms with van der Waals surface area (Å²) in [6.45, 7) is 0. The first kappa shape index (κ1) is 32.1. The molecule has 0 aliphatic heterocycles. The number of para-hydroxylation sites is 3. The highest BCUT2D eigenvalue weighted by Gasteiger charge is 2.20. The maximum absolute atomic E-state index is 2.50. The molecule has 270 valence electrons. The van der Waals surface area contributed by atoms with Gasteiger partial charge in [0.15, 0.2) is 0 Å². The van der Waals surface area contributed by atoms with Gasteiger partial charge in [-0.1, -0.05) is 115 Å². The summed E-state index contributed by atoms with van der Waals surface area (Å²) < 4.78 is 10.2. The van der Waals surface area contributed by atoms with Crippen molar-refractivity contribution in [3.8, 4) is 33.6 Å². The first-order chi connectivity index (χ1) is 28.7. The topological polar surface area (TPSA) is 9.86 Å². The third kappa shape index (κ3) is 4.64. The molecule has 0 bridgehead atoms. The summed E-state index contributed by atoms with van der Waals surface area (Å²) in [5.74, 6) is 0. The van der Waals surface area contributed by atoms with E-state index in [0.717, 1.165) is 0 Å². The summed E-state index contributed by atoms with van der Waals surface area (Å²) in [5.41, 5.74) is 12.1. The van der Waals surface area contributed by atoms with E-state index in [0.29, 0.717) is 0 Å². The van der Waals surface area contributed by atoms with Gasteiger partial charge in [0.2, 0.25) is 0 Å². The van der Waals surface area contributed by atoms with Crippen LogP contribution < -0.4 is 0 Å². The Morgan fingerprint density at radius 2 is 0.810 bits per heavy atom. The second kappa shape index (κ2) is 12.3. The zero-order valence-electron chi connectivity index (χ0n) is 31.2. The summed E-state index contributed by atoms with van der Waals surface area (Å²) >= 11 is 3.78. The van der Waals surface area contributed by atoms with Crippen LogP contribution in [0.1, 0.15) is 0 Å². The van der Waals surface area contributed by atoms with Gasteiger partial charge in [0.1, 0.15) is 0 Å². The minimum absolute atomic E-state index is 1.17. The molecule has 4 heteroatoms. The van der Waals surface area contributed by atoms with Crippen LogP contribution in [0.5, 0.6) is 0 Å². The van der Waals surface area contributed by atoms with Crippen LogP contribution in [0.25, 0.3) is 118 Å². The van der Waals surface area contributed by atoms with Crippen molar-refractivity contribution in [3.05, 3.63) is 194 Å². The van der Waals surface area contributed by atoms with Crippen LogP contribution in [0.4, 0.5) is 0 Å². The first-order valence-electron chi connectivity index (χ1n) is 19.7. The molecule has 0 aliphatic carbocycles. The molecular formula is C54H32N2S2. The van der Waals surface area contributed by atoms with Crippen LogP contribution >= 0.6 is 22.7 Å². The molecule has 4 heterocycles. The van der Waals surface area contributed by atoms with E-state index in [-0.39, 0.29) is 0 Å². The van der Waals surface area contributed by atoms with Gasteiger partial charge in [-0.05, 0) is 95.6 Å². The summed E-state index contributed by atoms with van der Waals surface area (Å²) in [6, 6.07) is 72.0. The molecule has 2 nitrogen and oxygen atoms in total. The maximum atomic E-state index is 2.50.